The summed E-state index contributed by atoms with van der Waals surface area (Å²) in [5.74, 6) is 1.23. The molecule has 2 saturated heterocycles. The lowest BCUT2D eigenvalue weighted by atomic mass is 9.92. The monoisotopic (exact) mass is 363 g/mol. The zero-order chi connectivity index (χ0) is 18.6. The summed E-state index contributed by atoms with van der Waals surface area (Å²) in [6, 6.07) is 12.0. The Morgan fingerprint density at radius 2 is 1.74 bits per heavy atom. The third-order valence-electron chi connectivity index (χ3n) is 5.96. The molecule has 4 nitrogen and oxygen atoms in total. The van der Waals surface area contributed by atoms with Crippen molar-refractivity contribution in [3.8, 4) is 0 Å². The van der Waals surface area contributed by atoms with Gasteiger partial charge in [-0.3, -0.25) is 4.79 Å². The average Bonchev–Trinajstić information content (AvgIpc) is 2.74. The number of carbonyl (C=O) groups is 1. The molecule has 1 amide bonds. The van der Waals surface area contributed by atoms with E-state index >= 15 is 0 Å². The third kappa shape index (κ3) is 3.85. The Labute approximate surface area is 162 Å². The average molecular weight is 364 g/mol. The van der Waals surface area contributed by atoms with Crippen molar-refractivity contribution >= 4 is 11.7 Å². The number of aromatic nitrogens is 1. The molecule has 27 heavy (non-hydrogen) atoms. The van der Waals surface area contributed by atoms with Crippen LogP contribution in [0.4, 0.5) is 5.82 Å². The first-order valence-electron chi connectivity index (χ1n) is 10.3. The van der Waals surface area contributed by atoms with Gasteiger partial charge < -0.3 is 9.80 Å². The van der Waals surface area contributed by atoms with Crippen molar-refractivity contribution in [1.82, 2.24) is 9.88 Å². The van der Waals surface area contributed by atoms with Crippen LogP contribution in [0.25, 0.3) is 0 Å². The van der Waals surface area contributed by atoms with Gasteiger partial charge in [0.25, 0.3) is 5.91 Å². The third-order valence-corrected chi connectivity index (χ3v) is 5.96. The maximum Gasteiger partial charge on any atom is 0.254 e. The van der Waals surface area contributed by atoms with Gasteiger partial charge in [-0.1, -0.05) is 18.2 Å². The summed E-state index contributed by atoms with van der Waals surface area (Å²) >= 11 is 0. The van der Waals surface area contributed by atoms with Gasteiger partial charge in [0, 0.05) is 31.4 Å². The van der Waals surface area contributed by atoms with Gasteiger partial charge >= 0.3 is 0 Å². The van der Waals surface area contributed by atoms with Gasteiger partial charge in [-0.2, -0.15) is 0 Å². The molecule has 1 unspecified atom stereocenters. The minimum atomic E-state index is 0.134. The molecule has 1 aromatic heterocycles. The van der Waals surface area contributed by atoms with E-state index in [2.05, 4.69) is 22.8 Å². The predicted octanol–water partition coefficient (Wildman–Crippen LogP) is 4.75. The zero-order valence-corrected chi connectivity index (χ0v) is 16.2. The Morgan fingerprint density at radius 1 is 1.00 bits per heavy atom. The van der Waals surface area contributed by atoms with Crippen LogP contribution in [0.1, 0.15) is 66.1 Å². The van der Waals surface area contributed by atoms with E-state index < -0.39 is 0 Å². The van der Waals surface area contributed by atoms with E-state index in [-0.39, 0.29) is 11.9 Å². The largest absolute Gasteiger partial charge is 0.357 e. The lowest BCUT2D eigenvalue weighted by Gasteiger charge is -2.37. The van der Waals surface area contributed by atoms with E-state index in [0.29, 0.717) is 0 Å². The van der Waals surface area contributed by atoms with E-state index in [0.717, 1.165) is 50.3 Å². The van der Waals surface area contributed by atoms with Crippen LogP contribution in [-0.4, -0.2) is 35.4 Å². The number of likely N-dealkylation sites (tertiary alicyclic amines) is 1. The van der Waals surface area contributed by atoms with Gasteiger partial charge in [-0.15, -0.1) is 0 Å². The van der Waals surface area contributed by atoms with Crippen molar-refractivity contribution in [3.63, 3.8) is 0 Å². The Bertz CT molecular complexity index is 783. The van der Waals surface area contributed by atoms with Crippen molar-refractivity contribution in [1.29, 1.82) is 0 Å². The van der Waals surface area contributed by atoms with Crippen LogP contribution in [0.2, 0.25) is 0 Å². The second kappa shape index (κ2) is 8.12. The zero-order valence-electron chi connectivity index (χ0n) is 16.2. The Morgan fingerprint density at radius 3 is 2.48 bits per heavy atom. The number of hydrogen-bond donors (Lipinski definition) is 0. The van der Waals surface area contributed by atoms with Crippen LogP contribution in [0.3, 0.4) is 0 Å². The van der Waals surface area contributed by atoms with Crippen LogP contribution in [-0.2, 0) is 0 Å². The fourth-order valence-corrected chi connectivity index (χ4v) is 4.44. The summed E-state index contributed by atoms with van der Waals surface area (Å²) in [5, 5.41) is 0. The SMILES string of the molecule is Cc1cc(N2CCCCC2)ncc1C1CCCCN1C(=O)c1ccccc1. The number of nitrogens with zero attached hydrogens (tertiary/aromatic N) is 3. The van der Waals surface area contributed by atoms with Crippen molar-refractivity contribution in [2.75, 3.05) is 24.5 Å². The van der Waals surface area contributed by atoms with Gasteiger partial charge in [0.15, 0.2) is 0 Å². The van der Waals surface area contributed by atoms with Crippen LogP contribution in [0.5, 0.6) is 0 Å². The number of amides is 1. The Hall–Kier alpha value is -2.36. The van der Waals surface area contributed by atoms with Crippen LogP contribution < -0.4 is 4.90 Å². The van der Waals surface area contributed by atoms with Gasteiger partial charge in [0.1, 0.15) is 5.82 Å². The van der Waals surface area contributed by atoms with Crippen molar-refractivity contribution in [2.24, 2.45) is 0 Å². The maximum atomic E-state index is 13.1. The first-order valence-corrected chi connectivity index (χ1v) is 10.3. The number of pyridine rings is 1. The molecule has 4 heteroatoms. The number of benzene rings is 1. The summed E-state index contributed by atoms with van der Waals surface area (Å²) < 4.78 is 0. The highest BCUT2D eigenvalue weighted by atomic mass is 16.2. The molecule has 0 saturated carbocycles. The fraction of sp³-hybridized carbons (Fsp3) is 0.478. The van der Waals surface area contributed by atoms with Gasteiger partial charge in [0.2, 0.25) is 0 Å². The van der Waals surface area contributed by atoms with E-state index in [1.165, 1.54) is 30.4 Å². The van der Waals surface area contributed by atoms with Gasteiger partial charge in [-0.25, -0.2) is 4.98 Å². The minimum Gasteiger partial charge on any atom is -0.357 e. The van der Waals surface area contributed by atoms with E-state index in [1.54, 1.807) is 0 Å². The van der Waals surface area contributed by atoms with Crippen molar-refractivity contribution in [2.45, 2.75) is 51.5 Å². The van der Waals surface area contributed by atoms with E-state index in [4.69, 9.17) is 4.98 Å². The minimum absolute atomic E-state index is 0.134. The summed E-state index contributed by atoms with van der Waals surface area (Å²) in [6.45, 7) is 5.21. The molecule has 2 aromatic rings. The molecule has 0 bridgehead atoms. The van der Waals surface area contributed by atoms with Crippen molar-refractivity contribution < 1.29 is 4.79 Å². The summed E-state index contributed by atoms with van der Waals surface area (Å²) in [5.41, 5.74) is 3.24. The van der Waals surface area contributed by atoms with Crippen LogP contribution in [0.15, 0.2) is 42.6 Å². The lowest BCUT2D eigenvalue weighted by Crippen LogP contribution is -2.39. The molecule has 1 atom stereocenters. The number of piperidine rings is 2. The normalized spacial score (nSPS) is 20.6. The number of anilines is 1. The topological polar surface area (TPSA) is 36.4 Å². The highest BCUT2D eigenvalue weighted by Gasteiger charge is 2.30. The number of hydrogen-bond acceptors (Lipinski definition) is 3. The number of rotatable bonds is 3. The molecule has 0 aliphatic carbocycles. The number of carbonyl (C=O) groups excluding carboxylic acids is 1. The number of aryl methyl sites for hydroxylation is 1. The second-order valence-corrected chi connectivity index (χ2v) is 7.82. The summed E-state index contributed by atoms with van der Waals surface area (Å²) in [6.07, 6.45) is 9.12. The molecule has 1 aromatic carbocycles. The summed E-state index contributed by atoms with van der Waals surface area (Å²) in [4.78, 5) is 22.4. The summed E-state index contributed by atoms with van der Waals surface area (Å²) in [7, 11) is 0. The molecule has 2 aliphatic heterocycles. The molecule has 2 aliphatic rings. The van der Waals surface area contributed by atoms with Crippen molar-refractivity contribution in [3.05, 3.63) is 59.3 Å². The van der Waals surface area contributed by atoms with E-state index in [1.807, 2.05) is 36.5 Å². The van der Waals surface area contributed by atoms with E-state index in [9.17, 15) is 4.79 Å². The predicted molar refractivity (Wildman–Crippen MR) is 109 cm³/mol. The molecule has 0 N–H and O–H groups in total. The maximum absolute atomic E-state index is 13.1. The van der Waals surface area contributed by atoms with Crippen LogP contribution >= 0.6 is 0 Å². The fourth-order valence-electron chi connectivity index (χ4n) is 4.44. The highest BCUT2D eigenvalue weighted by Crippen LogP contribution is 2.34. The molecular formula is C23H29N3O. The molecule has 142 valence electrons. The Balaban J connectivity index is 1.59. The first kappa shape index (κ1) is 18.0. The van der Waals surface area contributed by atoms with Gasteiger partial charge in [-0.05, 0) is 74.8 Å². The molecule has 4 rings (SSSR count). The lowest BCUT2D eigenvalue weighted by molar-refractivity contribution is 0.0610. The molecule has 0 spiro atoms. The smallest absolute Gasteiger partial charge is 0.254 e. The molecule has 2 fully saturated rings. The van der Waals surface area contributed by atoms with Crippen LogP contribution in [0, 0.1) is 6.92 Å². The Kier molecular flexibility index (Phi) is 5.42. The first-order chi connectivity index (χ1) is 13.2. The molecule has 3 heterocycles. The molecule has 0 radical (unpaired) electrons. The quantitative estimate of drug-likeness (QED) is 0.790. The van der Waals surface area contributed by atoms with Gasteiger partial charge in [0.05, 0.1) is 6.04 Å². The standard InChI is InChI=1S/C23H29N3O/c1-18-16-22(25-13-7-3-8-14-25)24-17-20(18)21-12-6-9-15-26(21)23(27)19-10-4-2-5-11-19/h2,4-5,10-11,16-17,21H,3,6-9,12-15H2,1H3. The highest BCUT2D eigenvalue weighted by molar-refractivity contribution is 5.94. The molecular weight excluding hydrogens is 334 g/mol. The second-order valence-electron chi connectivity index (χ2n) is 7.82.